The summed E-state index contributed by atoms with van der Waals surface area (Å²) in [6, 6.07) is 0. The van der Waals surface area contributed by atoms with Gasteiger partial charge in [-0.2, -0.15) is 11.8 Å². The Kier molecular flexibility index (Phi) is 7.72. The van der Waals surface area contributed by atoms with Crippen LogP contribution in [0, 0.1) is 11.3 Å². The summed E-state index contributed by atoms with van der Waals surface area (Å²) in [5.41, 5.74) is 6.05. The normalized spacial score (nSPS) is 14.6. The van der Waals surface area contributed by atoms with Crippen LogP contribution in [0.5, 0.6) is 0 Å². The fourth-order valence-corrected chi connectivity index (χ4v) is 2.40. The summed E-state index contributed by atoms with van der Waals surface area (Å²) in [6.07, 6.45) is 3.92. The van der Waals surface area contributed by atoms with Gasteiger partial charge in [0.15, 0.2) is 0 Å². The molecule has 0 aliphatic heterocycles. The molecule has 0 aliphatic rings. The van der Waals surface area contributed by atoms with Crippen LogP contribution in [0.1, 0.15) is 53.9 Å². The molecule has 0 aliphatic carbocycles. The summed E-state index contributed by atoms with van der Waals surface area (Å²) >= 11 is 2.11. The van der Waals surface area contributed by atoms with Gasteiger partial charge < -0.3 is 5.73 Å². The Balaban J connectivity index is 3.40. The van der Waals surface area contributed by atoms with Gasteiger partial charge in [-0.05, 0) is 36.5 Å². The molecule has 0 heterocycles. The third-order valence-electron chi connectivity index (χ3n) is 3.12. The fraction of sp³-hybridized carbons (Fsp3) is 1.00. The molecule has 1 unspecified atom stereocenters. The van der Waals surface area contributed by atoms with Gasteiger partial charge in [-0.3, -0.25) is 0 Å². The van der Waals surface area contributed by atoms with Crippen molar-refractivity contribution in [3.05, 3.63) is 0 Å². The Morgan fingerprint density at radius 3 is 2.20 bits per heavy atom. The molecule has 1 nitrogen and oxygen atoms in total. The maximum absolute atomic E-state index is 5.70. The van der Waals surface area contributed by atoms with Crippen LogP contribution in [0.3, 0.4) is 0 Å². The SMILES string of the molecule is CC(C)C(C)SCCCCC(C)(C)CN. The van der Waals surface area contributed by atoms with E-state index >= 15 is 0 Å². The lowest BCUT2D eigenvalue weighted by Crippen LogP contribution is -2.23. The van der Waals surface area contributed by atoms with Gasteiger partial charge in [-0.1, -0.05) is 41.0 Å². The highest BCUT2D eigenvalue weighted by atomic mass is 32.2. The maximum Gasteiger partial charge on any atom is 0.00417 e. The molecule has 0 aromatic carbocycles. The van der Waals surface area contributed by atoms with E-state index in [1.165, 1.54) is 25.0 Å². The maximum atomic E-state index is 5.70. The molecule has 2 N–H and O–H groups in total. The standard InChI is InChI=1S/C13H29NS/c1-11(2)12(3)15-9-7-6-8-13(4,5)10-14/h11-12H,6-10,14H2,1-5H3. The number of hydrogen-bond acceptors (Lipinski definition) is 2. The number of thioether (sulfide) groups is 1. The molecule has 0 amide bonds. The molecule has 2 heteroatoms. The summed E-state index contributed by atoms with van der Waals surface area (Å²) in [4.78, 5) is 0. The van der Waals surface area contributed by atoms with Crippen LogP contribution >= 0.6 is 11.8 Å². The minimum atomic E-state index is 0.342. The Bertz CT molecular complexity index is 155. The first-order valence-electron chi connectivity index (χ1n) is 6.21. The molecule has 0 aromatic heterocycles. The van der Waals surface area contributed by atoms with E-state index < -0.39 is 0 Å². The molecule has 15 heavy (non-hydrogen) atoms. The monoisotopic (exact) mass is 231 g/mol. The smallest absolute Gasteiger partial charge is 0.00417 e. The van der Waals surface area contributed by atoms with Crippen LogP contribution in [0.4, 0.5) is 0 Å². The zero-order chi connectivity index (χ0) is 11.9. The van der Waals surface area contributed by atoms with E-state index in [1.54, 1.807) is 0 Å². The largest absolute Gasteiger partial charge is 0.330 e. The third kappa shape index (κ3) is 8.15. The Morgan fingerprint density at radius 2 is 1.73 bits per heavy atom. The van der Waals surface area contributed by atoms with E-state index in [0.717, 1.165) is 17.7 Å². The van der Waals surface area contributed by atoms with Crippen molar-refractivity contribution in [1.82, 2.24) is 0 Å². The van der Waals surface area contributed by atoms with Crippen LogP contribution in [-0.4, -0.2) is 17.5 Å². The number of unbranched alkanes of at least 4 members (excludes halogenated alkanes) is 1. The highest BCUT2D eigenvalue weighted by Crippen LogP contribution is 2.24. The van der Waals surface area contributed by atoms with Gasteiger partial charge in [0.05, 0.1) is 0 Å². The van der Waals surface area contributed by atoms with Crippen molar-refractivity contribution in [2.24, 2.45) is 17.1 Å². The summed E-state index contributed by atoms with van der Waals surface area (Å²) in [6.45, 7) is 12.3. The van der Waals surface area contributed by atoms with E-state index in [-0.39, 0.29) is 0 Å². The van der Waals surface area contributed by atoms with Gasteiger partial charge in [0.2, 0.25) is 0 Å². The Morgan fingerprint density at radius 1 is 1.13 bits per heavy atom. The average Bonchev–Trinajstić information content (AvgIpc) is 2.16. The lowest BCUT2D eigenvalue weighted by Gasteiger charge is -2.22. The van der Waals surface area contributed by atoms with Crippen molar-refractivity contribution >= 4 is 11.8 Å². The van der Waals surface area contributed by atoms with Crippen molar-refractivity contribution < 1.29 is 0 Å². The zero-order valence-electron chi connectivity index (χ0n) is 11.2. The molecule has 0 saturated carbocycles. The number of rotatable bonds is 8. The van der Waals surface area contributed by atoms with Crippen molar-refractivity contribution in [1.29, 1.82) is 0 Å². The molecule has 1 atom stereocenters. The van der Waals surface area contributed by atoms with E-state index in [2.05, 4.69) is 46.4 Å². The van der Waals surface area contributed by atoms with Crippen LogP contribution in [0.25, 0.3) is 0 Å². The second-order valence-corrected chi connectivity index (χ2v) is 7.13. The van der Waals surface area contributed by atoms with Gasteiger partial charge >= 0.3 is 0 Å². The quantitative estimate of drug-likeness (QED) is 0.641. The summed E-state index contributed by atoms with van der Waals surface area (Å²) in [5.74, 6) is 2.11. The molecule has 0 saturated heterocycles. The topological polar surface area (TPSA) is 26.0 Å². The first-order chi connectivity index (χ1) is 6.89. The zero-order valence-corrected chi connectivity index (χ0v) is 12.0. The van der Waals surface area contributed by atoms with Crippen molar-refractivity contribution in [3.8, 4) is 0 Å². The lowest BCUT2D eigenvalue weighted by atomic mass is 9.88. The second kappa shape index (κ2) is 7.56. The van der Waals surface area contributed by atoms with Crippen molar-refractivity contribution in [2.45, 2.75) is 59.1 Å². The predicted octanol–water partition coefficient (Wildman–Crippen LogP) is 3.92. The molecular weight excluding hydrogens is 202 g/mol. The lowest BCUT2D eigenvalue weighted by molar-refractivity contribution is 0.336. The Labute approximate surface area is 101 Å². The number of nitrogens with two attached hydrogens (primary N) is 1. The summed E-state index contributed by atoms with van der Waals surface area (Å²) in [7, 11) is 0. The average molecular weight is 231 g/mol. The van der Waals surface area contributed by atoms with Crippen molar-refractivity contribution in [2.75, 3.05) is 12.3 Å². The summed E-state index contributed by atoms with van der Waals surface area (Å²) < 4.78 is 0. The summed E-state index contributed by atoms with van der Waals surface area (Å²) in [5, 5.41) is 0.799. The highest BCUT2D eigenvalue weighted by Gasteiger charge is 2.14. The molecule has 0 aromatic rings. The van der Waals surface area contributed by atoms with Gasteiger partial charge in [0.1, 0.15) is 0 Å². The predicted molar refractivity (Wildman–Crippen MR) is 73.4 cm³/mol. The first kappa shape index (κ1) is 15.3. The van der Waals surface area contributed by atoms with Gasteiger partial charge in [0, 0.05) is 5.25 Å². The molecular formula is C13H29NS. The molecule has 0 rings (SSSR count). The fourth-order valence-electron chi connectivity index (χ4n) is 1.27. The van der Waals surface area contributed by atoms with E-state index in [0.29, 0.717) is 5.41 Å². The van der Waals surface area contributed by atoms with Crippen LogP contribution in [0.15, 0.2) is 0 Å². The van der Waals surface area contributed by atoms with Gasteiger partial charge in [0.25, 0.3) is 0 Å². The minimum Gasteiger partial charge on any atom is -0.330 e. The number of hydrogen-bond donors (Lipinski definition) is 1. The molecule has 0 fully saturated rings. The second-order valence-electron chi connectivity index (χ2n) is 5.65. The first-order valence-corrected chi connectivity index (χ1v) is 7.25. The van der Waals surface area contributed by atoms with E-state index in [1.807, 2.05) is 0 Å². The Hall–Kier alpha value is 0.310. The third-order valence-corrected chi connectivity index (χ3v) is 4.71. The molecule has 0 radical (unpaired) electrons. The molecule has 92 valence electrons. The van der Waals surface area contributed by atoms with Crippen LogP contribution in [-0.2, 0) is 0 Å². The minimum absolute atomic E-state index is 0.342. The highest BCUT2D eigenvalue weighted by molar-refractivity contribution is 7.99. The molecule has 0 spiro atoms. The van der Waals surface area contributed by atoms with Crippen molar-refractivity contribution in [3.63, 3.8) is 0 Å². The molecule has 0 bridgehead atoms. The van der Waals surface area contributed by atoms with Crippen LogP contribution in [0.2, 0.25) is 0 Å². The van der Waals surface area contributed by atoms with Crippen LogP contribution < -0.4 is 5.73 Å². The van der Waals surface area contributed by atoms with E-state index in [4.69, 9.17) is 5.73 Å². The van der Waals surface area contributed by atoms with Gasteiger partial charge in [-0.15, -0.1) is 0 Å². The van der Waals surface area contributed by atoms with Gasteiger partial charge in [-0.25, -0.2) is 0 Å². The van der Waals surface area contributed by atoms with E-state index in [9.17, 15) is 0 Å².